The van der Waals surface area contributed by atoms with Gasteiger partial charge in [-0.2, -0.15) is 0 Å². The fourth-order valence-corrected chi connectivity index (χ4v) is 12.2. The van der Waals surface area contributed by atoms with Gasteiger partial charge in [0, 0.05) is 73.0 Å². The van der Waals surface area contributed by atoms with Crippen LogP contribution in [-0.2, 0) is 10.8 Å². The molecular weight excluding hydrogens is 962 g/mol. The number of hydrogen-bond donors (Lipinski definition) is 0. The molecule has 0 bridgehead atoms. The van der Waals surface area contributed by atoms with Gasteiger partial charge in [0.25, 0.3) is 6.71 Å². The summed E-state index contributed by atoms with van der Waals surface area (Å²) in [5.41, 5.74) is 23.2. The Hall–Kier alpha value is -9.26. The van der Waals surface area contributed by atoms with Crippen molar-refractivity contribution in [2.75, 3.05) is 14.7 Å². The van der Waals surface area contributed by atoms with Gasteiger partial charge in [-0.25, -0.2) is 0 Å². The molecule has 10 aromatic carbocycles. The second-order valence-corrected chi connectivity index (χ2v) is 23.5. The van der Waals surface area contributed by atoms with E-state index in [9.17, 15) is 0 Å². The minimum absolute atomic E-state index is 0.0817. The van der Waals surface area contributed by atoms with E-state index in [1.54, 1.807) is 0 Å². The highest BCUT2D eigenvalue weighted by Gasteiger charge is 2.45. The van der Waals surface area contributed by atoms with Crippen LogP contribution in [0.15, 0.2) is 245 Å². The van der Waals surface area contributed by atoms with Crippen molar-refractivity contribution in [2.24, 2.45) is 0 Å². The molecule has 0 N–H and O–H groups in total. The van der Waals surface area contributed by atoms with Crippen molar-refractivity contribution in [3.63, 3.8) is 0 Å². The molecule has 4 heterocycles. The monoisotopic (exact) mass is 1020 g/mol. The summed E-state index contributed by atoms with van der Waals surface area (Å²) in [6, 6.07) is 86.6. The van der Waals surface area contributed by atoms with Crippen LogP contribution in [0.25, 0.3) is 55.7 Å². The molecule has 14 rings (SSSR count). The minimum atomic E-state index is -0.122. The Bertz CT molecular complexity index is 4120. The van der Waals surface area contributed by atoms with Crippen molar-refractivity contribution < 1.29 is 8.83 Å². The smallest absolute Gasteiger partial charge is 0.252 e. The van der Waals surface area contributed by atoms with Gasteiger partial charge in [0.05, 0.1) is 5.69 Å². The second-order valence-electron chi connectivity index (χ2n) is 23.5. The number of hydrogen-bond acceptors (Lipinski definition) is 5. The lowest BCUT2D eigenvalue weighted by atomic mass is 9.33. The van der Waals surface area contributed by atoms with Gasteiger partial charge in [0.15, 0.2) is 0 Å². The lowest BCUT2D eigenvalue weighted by Gasteiger charge is -2.45. The molecule has 0 spiro atoms. The van der Waals surface area contributed by atoms with E-state index in [0.717, 1.165) is 101 Å². The van der Waals surface area contributed by atoms with Gasteiger partial charge < -0.3 is 23.5 Å². The standard InChI is InChI=1S/C73H60BN3O2/c1-47-37-65-71-66(38-47)77(62-35-31-53(72(2,3)4)44-59(62)48-21-11-8-12-22-48)64-46-57(75(55-25-13-9-14-26-55)56-27-15-10-16-28-56)33-34-60(64)74(71)61-45-54(73(5,6)7)32-36-63(61)76(65)58-40-51(69-42-49-23-17-19-29-67(49)78-69)39-52(41-58)70-43-50-24-18-20-30-68(50)79-70/h8-46H,1-7H3. The summed E-state index contributed by atoms with van der Waals surface area (Å²) in [6.07, 6.45) is 0. The van der Waals surface area contributed by atoms with Crippen molar-refractivity contribution in [3.05, 3.63) is 253 Å². The maximum atomic E-state index is 6.72. The van der Waals surface area contributed by atoms with Gasteiger partial charge in [-0.05, 0) is 166 Å². The Morgan fingerprint density at radius 2 is 0.899 bits per heavy atom. The summed E-state index contributed by atoms with van der Waals surface area (Å²) < 4.78 is 13.4. The average molecular weight is 1020 g/mol. The van der Waals surface area contributed by atoms with Crippen LogP contribution < -0.4 is 31.1 Å². The molecule has 79 heavy (non-hydrogen) atoms. The molecule has 0 aliphatic carbocycles. The van der Waals surface area contributed by atoms with Gasteiger partial charge in [-0.15, -0.1) is 0 Å². The van der Waals surface area contributed by atoms with Crippen molar-refractivity contribution in [2.45, 2.75) is 59.3 Å². The molecule has 2 aliphatic heterocycles. The lowest BCUT2D eigenvalue weighted by molar-refractivity contribution is 0.590. The first-order chi connectivity index (χ1) is 38.3. The van der Waals surface area contributed by atoms with Crippen LogP contribution in [0.5, 0.6) is 0 Å². The molecule has 6 heteroatoms. The summed E-state index contributed by atoms with van der Waals surface area (Å²) >= 11 is 0. The van der Waals surface area contributed by atoms with Gasteiger partial charge in [-0.1, -0.05) is 169 Å². The molecule has 0 radical (unpaired) electrons. The quantitative estimate of drug-likeness (QED) is 0.142. The zero-order valence-corrected chi connectivity index (χ0v) is 45.8. The first-order valence-corrected chi connectivity index (χ1v) is 27.6. The number of rotatable bonds is 8. The van der Waals surface area contributed by atoms with E-state index in [0.29, 0.717) is 0 Å². The fourth-order valence-electron chi connectivity index (χ4n) is 12.2. The number of furan rings is 2. The van der Waals surface area contributed by atoms with Crippen LogP contribution >= 0.6 is 0 Å². The number of anilines is 9. The van der Waals surface area contributed by atoms with Crippen molar-refractivity contribution in [1.82, 2.24) is 0 Å². The van der Waals surface area contributed by atoms with Crippen molar-refractivity contribution >= 4 is 96.2 Å². The molecule has 0 saturated carbocycles. The number of benzene rings is 10. The third kappa shape index (κ3) is 8.33. The van der Waals surface area contributed by atoms with Crippen LogP contribution in [0.4, 0.5) is 51.2 Å². The summed E-state index contributed by atoms with van der Waals surface area (Å²) in [5, 5.41) is 2.12. The summed E-state index contributed by atoms with van der Waals surface area (Å²) in [4.78, 5) is 7.50. The SMILES string of the molecule is Cc1cc2c3c(c1)N(c1ccc(C(C)(C)C)cc1-c1ccccc1)c1cc(N(c4ccccc4)c4ccccc4)ccc1B3c1cc(C(C)(C)C)ccc1N2c1cc(-c2cc3ccccc3o2)cc(-c2cc3ccccc3o2)c1. The Kier molecular flexibility index (Phi) is 11.2. The van der Waals surface area contributed by atoms with E-state index in [4.69, 9.17) is 8.83 Å². The highest BCUT2D eigenvalue weighted by Crippen LogP contribution is 2.50. The number of aryl methyl sites for hydroxylation is 1. The topological polar surface area (TPSA) is 36.0 Å². The van der Waals surface area contributed by atoms with Crippen LogP contribution in [0.3, 0.4) is 0 Å². The molecular formula is C73H60BN3O2. The minimum Gasteiger partial charge on any atom is -0.456 e. The van der Waals surface area contributed by atoms with E-state index in [1.807, 2.05) is 24.3 Å². The Morgan fingerprint density at radius 1 is 0.380 bits per heavy atom. The van der Waals surface area contributed by atoms with Crippen LogP contribution in [0.1, 0.15) is 58.2 Å². The van der Waals surface area contributed by atoms with E-state index < -0.39 is 0 Å². The van der Waals surface area contributed by atoms with Crippen LogP contribution in [-0.4, -0.2) is 6.71 Å². The molecule has 0 fully saturated rings. The molecule has 0 saturated heterocycles. The van der Waals surface area contributed by atoms with Crippen molar-refractivity contribution in [1.29, 1.82) is 0 Å². The predicted molar refractivity (Wildman–Crippen MR) is 333 cm³/mol. The third-order valence-corrected chi connectivity index (χ3v) is 16.1. The Balaban J connectivity index is 1.07. The summed E-state index contributed by atoms with van der Waals surface area (Å²) in [6.45, 7) is 16.0. The Morgan fingerprint density at radius 3 is 1.47 bits per heavy atom. The van der Waals surface area contributed by atoms with Crippen LogP contribution in [0, 0.1) is 6.92 Å². The molecule has 0 amide bonds. The Labute approximate surface area is 463 Å². The van der Waals surface area contributed by atoms with Gasteiger partial charge >= 0.3 is 0 Å². The summed E-state index contributed by atoms with van der Waals surface area (Å²) in [5.74, 6) is 1.60. The van der Waals surface area contributed by atoms with Gasteiger partial charge in [-0.3, -0.25) is 0 Å². The van der Waals surface area contributed by atoms with Crippen LogP contribution in [0.2, 0.25) is 0 Å². The summed E-state index contributed by atoms with van der Waals surface area (Å²) in [7, 11) is 0. The zero-order valence-electron chi connectivity index (χ0n) is 45.8. The zero-order chi connectivity index (χ0) is 53.7. The number of fused-ring (bicyclic) bond motifs is 6. The number of para-hydroxylation sites is 4. The number of nitrogens with zero attached hydrogens (tertiary/aromatic N) is 3. The van der Waals surface area contributed by atoms with E-state index >= 15 is 0 Å². The molecule has 0 unspecified atom stereocenters. The molecule has 382 valence electrons. The predicted octanol–water partition coefficient (Wildman–Crippen LogP) is 18.6. The largest absolute Gasteiger partial charge is 0.456 e. The molecule has 5 nitrogen and oxygen atoms in total. The highest BCUT2D eigenvalue weighted by atomic mass is 16.3. The fraction of sp³-hybridized carbons (Fsp3) is 0.123. The van der Waals surface area contributed by atoms with E-state index in [-0.39, 0.29) is 17.5 Å². The maximum absolute atomic E-state index is 6.72. The van der Waals surface area contributed by atoms with E-state index in [2.05, 4.69) is 275 Å². The van der Waals surface area contributed by atoms with Gasteiger partial charge in [0.1, 0.15) is 22.7 Å². The van der Waals surface area contributed by atoms with E-state index in [1.165, 1.54) is 38.6 Å². The molecule has 0 atom stereocenters. The highest BCUT2D eigenvalue weighted by molar-refractivity contribution is 7.00. The second kappa shape index (κ2) is 18.5. The normalized spacial score (nSPS) is 12.9. The maximum Gasteiger partial charge on any atom is 0.252 e. The average Bonchev–Trinajstić information content (AvgIpc) is 3.89. The first-order valence-electron chi connectivity index (χ1n) is 27.6. The third-order valence-electron chi connectivity index (χ3n) is 16.1. The molecule has 12 aromatic rings. The van der Waals surface area contributed by atoms with Gasteiger partial charge in [0.2, 0.25) is 0 Å². The molecule has 2 aromatic heterocycles. The first kappa shape index (κ1) is 48.1. The van der Waals surface area contributed by atoms with Crippen molar-refractivity contribution in [3.8, 4) is 33.8 Å². The lowest BCUT2D eigenvalue weighted by Crippen LogP contribution is -2.61. The molecule has 2 aliphatic rings.